The fourth-order valence-electron chi connectivity index (χ4n) is 8.30. The molecule has 1 saturated carbocycles. The van der Waals surface area contributed by atoms with Crippen LogP contribution in [0.3, 0.4) is 0 Å². The summed E-state index contributed by atoms with van der Waals surface area (Å²) in [6, 6.07) is 25.4. The predicted molar refractivity (Wildman–Crippen MR) is 161 cm³/mol. The molecule has 0 spiro atoms. The number of amides is 1. The fourth-order valence-corrected chi connectivity index (χ4v) is 8.30. The van der Waals surface area contributed by atoms with Gasteiger partial charge in [0.05, 0.1) is 33.9 Å². The quantitative estimate of drug-likeness (QED) is 0.323. The highest BCUT2D eigenvalue weighted by Crippen LogP contribution is 2.70. The number of rotatable bonds is 4. The van der Waals surface area contributed by atoms with Crippen LogP contribution in [0.4, 0.5) is 0 Å². The molecule has 42 heavy (non-hydrogen) atoms. The Balaban J connectivity index is 1.13. The summed E-state index contributed by atoms with van der Waals surface area (Å²) in [6.07, 6.45) is 1.72. The number of piperazine rings is 1. The van der Waals surface area contributed by atoms with E-state index in [1.54, 1.807) is 0 Å². The van der Waals surface area contributed by atoms with E-state index in [-0.39, 0.29) is 29.6 Å². The Kier molecular flexibility index (Phi) is 5.52. The van der Waals surface area contributed by atoms with Crippen molar-refractivity contribution < 1.29 is 14.3 Å². The minimum Gasteiger partial charge on any atom is -0.454 e. The number of hydrogen-bond acceptors (Lipinski definition) is 6. The summed E-state index contributed by atoms with van der Waals surface area (Å²) in [6.45, 7) is 10.0. The highest BCUT2D eigenvalue weighted by atomic mass is 16.7. The van der Waals surface area contributed by atoms with Gasteiger partial charge in [-0.1, -0.05) is 81.4 Å². The van der Waals surface area contributed by atoms with Gasteiger partial charge < -0.3 is 14.4 Å². The van der Waals surface area contributed by atoms with E-state index in [9.17, 15) is 4.79 Å². The summed E-state index contributed by atoms with van der Waals surface area (Å²) in [5.74, 6) is 1.60. The zero-order valence-corrected chi connectivity index (χ0v) is 24.5. The molecule has 7 nitrogen and oxygen atoms in total. The van der Waals surface area contributed by atoms with E-state index in [4.69, 9.17) is 19.4 Å². The number of aromatic nitrogens is 2. The van der Waals surface area contributed by atoms with Crippen molar-refractivity contribution in [1.29, 1.82) is 0 Å². The lowest BCUT2D eigenvalue weighted by atomic mass is 9.63. The van der Waals surface area contributed by atoms with Crippen LogP contribution < -0.4 is 9.47 Å². The van der Waals surface area contributed by atoms with E-state index in [0.717, 1.165) is 48.4 Å². The van der Waals surface area contributed by atoms with E-state index in [1.165, 1.54) is 11.1 Å². The van der Waals surface area contributed by atoms with Gasteiger partial charge in [0.15, 0.2) is 11.5 Å². The molecule has 1 aromatic heterocycles. The van der Waals surface area contributed by atoms with Gasteiger partial charge in [-0.25, -0.2) is 9.97 Å². The first-order chi connectivity index (χ1) is 20.3. The van der Waals surface area contributed by atoms with Crippen molar-refractivity contribution in [2.75, 3.05) is 33.0 Å². The van der Waals surface area contributed by atoms with Crippen LogP contribution in [0.2, 0.25) is 0 Å². The van der Waals surface area contributed by atoms with Gasteiger partial charge in [0.1, 0.15) is 0 Å². The van der Waals surface area contributed by atoms with Gasteiger partial charge in [0.2, 0.25) is 12.7 Å². The van der Waals surface area contributed by atoms with Crippen LogP contribution in [0.1, 0.15) is 62.2 Å². The molecule has 2 unspecified atom stereocenters. The zero-order chi connectivity index (χ0) is 28.7. The molecular formula is C35H36N4O3. The zero-order valence-electron chi connectivity index (χ0n) is 24.5. The van der Waals surface area contributed by atoms with Crippen LogP contribution >= 0.6 is 0 Å². The van der Waals surface area contributed by atoms with Crippen LogP contribution in [-0.2, 0) is 15.6 Å². The number of nitrogens with zero attached hydrogens (tertiary/aromatic N) is 4. The molecule has 2 fully saturated rings. The molecule has 1 amide bonds. The van der Waals surface area contributed by atoms with Gasteiger partial charge in [-0.3, -0.25) is 9.69 Å². The Morgan fingerprint density at radius 2 is 1.31 bits per heavy atom. The minimum atomic E-state index is -0.699. The lowest BCUT2D eigenvalue weighted by Gasteiger charge is -2.45. The molecule has 0 N–H and O–H groups in total. The Morgan fingerprint density at radius 3 is 1.88 bits per heavy atom. The summed E-state index contributed by atoms with van der Waals surface area (Å²) >= 11 is 0. The van der Waals surface area contributed by atoms with Gasteiger partial charge in [0.25, 0.3) is 0 Å². The van der Waals surface area contributed by atoms with Gasteiger partial charge in [-0.15, -0.1) is 0 Å². The third kappa shape index (κ3) is 3.34. The van der Waals surface area contributed by atoms with E-state index < -0.39 is 5.41 Å². The standard InChI is InChI=1S/C35H36N4O3/c1-33(2)34(3)14-15-35(33,31-30(34)36-25-20-27-28(42-22-41-27)21-26(25)37-31)32(40)39-18-16-38(17-19-39)29(23-10-6-4-7-11-23)24-12-8-5-9-13-24/h4-13,20-21,29H,14-19,22H2,1-3H3. The maximum atomic E-state index is 14.8. The number of carbonyl (C=O) groups is 1. The lowest BCUT2D eigenvalue weighted by molar-refractivity contribution is -0.143. The smallest absolute Gasteiger partial charge is 0.235 e. The second kappa shape index (κ2) is 9.01. The molecule has 214 valence electrons. The molecule has 3 aromatic carbocycles. The summed E-state index contributed by atoms with van der Waals surface area (Å²) in [7, 11) is 0. The Bertz CT molecular complexity index is 1660. The first-order valence-corrected chi connectivity index (χ1v) is 15.1. The van der Waals surface area contributed by atoms with E-state index in [0.29, 0.717) is 24.6 Å². The van der Waals surface area contributed by atoms with E-state index in [1.807, 2.05) is 12.1 Å². The van der Waals surface area contributed by atoms with Crippen LogP contribution in [0.5, 0.6) is 11.5 Å². The predicted octanol–water partition coefficient (Wildman–Crippen LogP) is 5.62. The van der Waals surface area contributed by atoms with Gasteiger partial charge in [-0.2, -0.15) is 0 Å². The first-order valence-electron chi connectivity index (χ1n) is 15.1. The third-order valence-electron chi connectivity index (χ3n) is 11.1. The second-order valence-electron chi connectivity index (χ2n) is 13.0. The van der Waals surface area contributed by atoms with Crippen LogP contribution in [0.15, 0.2) is 72.8 Å². The average Bonchev–Trinajstić information content (AvgIpc) is 3.60. The number of fused-ring (bicyclic) bond motifs is 7. The largest absolute Gasteiger partial charge is 0.454 e. The number of hydrogen-bond donors (Lipinski definition) is 0. The Labute approximate surface area is 246 Å². The summed E-state index contributed by atoms with van der Waals surface area (Å²) in [5, 5.41) is 0. The van der Waals surface area contributed by atoms with Crippen molar-refractivity contribution in [2.45, 2.75) is 50.5 Å². The maximum Gasteiger partial charge on any atom is 0.235 e. The molecule has 3 heterocycles. The Hall–Kier alpha value is -3.97. The molecule has 2 atom stereocenters. The molecule has 0 radical (unpaired) electrons. The Morgan fingerprint density at radius 1 is 0.762 bits per heavy atom. The second-order valence-corrected chi connectivity index (χ2v) is 13.0. The molecule has 4 aliphatic rings. The minimum absolute atomic E-state index is 0.159. The topological polar surface area (TPSA) is 67.8 Å². The summed E-state index contributed by atoms with van der Waals surface area (Å²) < 4.78 is 11.3. The third-order valence-corrected chi connectivity index (χ3v) is 11.1. The van der Waals surface area contributed by atoms with Crippen molar-refractivity contribution >= 4 is 16.9 Å². The first kappa shape index (κ1) is 25.7. The number of benzene rings is 3. The summed E-state index contributed by atoms with van der Waals surface area (Å²) in [4.78, 5) is 29.9. The summed E-state index contributed by atoms with van der Waals surface area (Å²) in [5.41, 5.74) is 4.71. The number of carbonyl (C=O) groups excluding carboxylic acids is 1. The van der Waals surface area contributed by atoms with Crippen molar-refractivity contribution in [2.24, 2.45) is 5.41 Å². The van der Waals surface area contributed by atoms with Crippen LogP contribution in [-0.4, -0.2) is 58.6 Å². The number of ether oxygens (including phenoxy) is 2. The normalized spacial score (nSPS) is 25.8. The highest BCUT2D eigenvalue weighted by Gasteiger charge is 2.73. The van der Waals surface area contributed by atoms with Crippen LogP contribution in [0.25, 0.3) is 11.0 Å². The van der Waals surface area contributed by atoms with E-state index in [2.05, 4.69) is 91.2 Å². The molecule has 8 rings (SSSR count). The molecule has 2 bridgehead atoms. The fraction of sp³-hybridized carbons (Fsp3) is 0.400. The van der Waals surface area contributed by atoms with Gasteiger partial charge >= 0.3 is 0 Å². The van der Waals surface area contributed by atoms with Crippen molar-refractivity contribution in [3.05, 3.63) is 95.3 Å². The van der Waals surface area contributed by atoms with Gasteiger partial charge in [0, 0.05) is 43.7 Å². The van der Waals surface area contributed by atoms with Gasteiger partial charge in [-0.05, 0) is 29.4 Å². The van der Waals surface area contributed by atoms with Crippen molar-refractivity contribution in [3.8, 4) is 11.5 Å². The maximum absolute atomic E-state index is 14.8. The molecule has 2 aliphatic carbocycles. The molecule has 1 saturated heterocycles. The SMILES string of the molecule is CC12CCC(C(=O)N3CCN(C(c4ccccc4)c4ccccc4)CC3)(c3nc4cc5c(cc4nc31)OCO5)C2(C)C. The molecular weight excluding hydrogens is 524 g/mol. The monoisotopic (exact) mass is 560 g/mol. The van der Waals surface area contributed by atoms with Crippen molar-refractivity contribution in [1.82, 2.24) is 19.8 Å². The van der Waals surface area contributed by atoms with Crippen LogP contribution in [0, 0.1) is 5.41 Å². The molecule has 7 heteroatoms. The highest BCUT2D eigenvalue weighted by molar-refractivity contribution is 5.93. The molecule has 4 aromatic rings. The lowest BCUT2D eigenvalue weighted by Crippen LogP contribution is -2.57. The molecule has 2 aliphatic heterocycles. The van der Waals surface area contributed by atoms with Crippen molar-refractivity contribution in [3.63, 3.8) is 0 Å². The average molecular weight is 561 g/mol. The van der Waals surface area contributed by atoms with E-state index >= 15 is 0 Å².